The van der Waals surface area contributed by atoms with Crippen molar-refractivity contribution in [3.8, 4) is 0 Å². The Bertz CT molecular complexity index is 366. The third-order valence-corrected chi connectivity index (χ3v) is 7.49. The molecule has 3 atom stereocenters. The van der Waals surface area contributed by atoms with E-state index in [9.17, 15) is 4.79 Å². The minimum Gasteiger partial charge on any atom is -0.300 e. The lowest BCUT2D eigenvalue weighted by Crippen LogP contribution is -2.34. The quantitative estimate of drug-likeness (QED) is 0.507. The highest BCUT2D eigenvalue weighted by atomic mass is 16.1. The van der Waals surface area contributed by atoms with Gasteiger partial charge in [0, 0.05) is 12.8 Å². The highest BCUT2D eigenvalue weighted by molar-refractivity contribution is 5.79. The van der Waals surface area contributed by atoms with Gasteiger partial charge in [-0.2, -0.15) is 0 Å². The molecule has 3 aliphatic rings. The van der Waals surface area contributed by atoms with Crippen molar-refractivity contribution < 1.29 is 4.79 Å². The third-order valence-electron chi connectivity index (χ3n) is 7.49. The number of unbranched alkanes of at least 4 members (excludes halogenated alkanes) is 3. The summed E-state index contributed by atoms with van der Waals surface area (Å²) in [6.07, 6.45) is 20.6. The minimum atomic E-state index is 0.549. The van der Waals surface area contributed by atoms with Gasteiger partial charge in [-0.15, -0.1) is 0 Å². The zero-order valence-corrected chi connectivity index (χ0v) is 15.4. The molecule has 3 saturated carbocycles. The fourth-order valence-corrected chi connectivity index (χ4v) is 5.96. The van der Waals surface area contributed by atoms with Gasteiger partial charge in [0.25, 0.3) is 0 Å². The first-order valence-electron chi connectivity index (χ1n) is 10.8. The van der Waals surface area contributed by atoms with E-state index >= 15 is 0 Å². The van der Waals surface area contributed by atoms with Gasteiger partial charge in [0.05, 0.1) is 0 Å². The highest BCUT2D eigenvalue weighted by Crippen LogP contribution is 2.47. The number of Topliss-reactive ketones (excluding diaryl/α,β-unsaturated/α-hetero) is 1. The summed E-state index contributed by atoms with van der Waals surface area (Å²) in [7, 11) is 0. The summed E-state index contributed by atoms with van der Waals surface area (Å²) in [5.41, 5.74) is 0. The van der Waals surface area contributed by atoms with Crippen LogP contribution < -0.4 is 0 Å². The fraction of sp³-hybridized carbons (Fsp3) is 0.955. The van der Waals surface area contributed by atoms with Crippen LogP contribution in [0.15, 0.2) is 0 Å². The van der Waals surface area contributed by atoms with Gasteiger partial charge < -0.3 is 0 Å². The molecule has 132 valence electrons. The van der Waals surface area contributed by atoms with Crippen molar-refractivity contribution >= 4 is 5.78 Å². The Hall–Kier alpha value is -0.330. The van der Waals surface area contributed by atoms with E-state index in [1.54, 1.807) is 0 Å². The van der Waals surface area contributed by atoms with E-state index in [-0.39, 0.29) is 0 Å². The maximum atomic E-state index is 11.7. The molecule has 3 aliphatic carbocycles. The molecular formula is C22H38O. The van der Waals surface area contributed by atoms with Crippen LogP contribution in [-0.2, 0) is 4.79 Å². The molecule has 0 aromatic rings. The lowest BCUT2D eigenvalue weighted by Gasteiger charge is -2.43. The minimum absolute atomic E-state index is 0.549. The van der Waals surface area contributed by atoms with Gasteiger partial charge in [-0.3, -0.25) is 4.79 Å². The summed E-state index contributed by atoms with van der Waals surface area (Å²) in [4.78, 5) is 11.7. The van der Waals surface area contributed by atoms with Crippen molar-refractivity contribution in [1.29, 1.82) is 0 Å². The third kappa shape index (κ3) is 4.83. The van der Waals surface area contributed by atoms with Crippen LogP contribution in [0.4, 0.5) is 0 Å². The fourth-order valence-electron chi connectivity index (χ4n) is 5.96. The van der Waals surface area contributed by atoms with Crippen LogP contribution in [0.25, 0.3) is 0 Å². The molecule has 0 spiro atoms. The van der Waals surface area contributed by atoms with Crippen LogP contribution in [0.5, 0.6) is 0 Å². The number of carbonyl (C=O) groups is 1. The molecule has 1 heteroatoms. The summed E-state index contributed by atoms with van der Waals surface area (Å²) >= 11 is 0. The van der Waals surface area contributed by atoms with Gasteiger partial charge in [0.1, 0.15) is 5.78 Å². The smallest absolute Gasteiger partial charge is 0.133 e. The predicted octanol–water partition coefficient (Wildman–Crippen LogP) is 6.55. The lowest BCUT2D eigenvalue weighted by atomic mass is 9.62. The van der Waals surface area contributed by atoms with Crippen molar-refractivity contribution in [2.45, 2.75) is 103 Å². The van der Waals surface area contributed by atoms with E-state index in [1.165, 1.54) is 83.5 Å². The van der Waals surface area contributed by atoms with Crippen molar-refractivity contribution in [3.05, 3.63) is 0 Å². The van der Waals surface area contributed by atoms with E-state index in [1.807, 2.05) is 0 Å². The Morgan fingerprint density at radius 3 is 2.26 bits per heavy atom. The van der Waals surface area contributed by atoms with Crippen molar-refractivity contribution in [2.24, 2.45) is 29.6 Å². The van der Waals surface area contributed by atoms with Crippen molar-refractivity contribution in [3.63, 3.8) is 0 Å². The maximum Gasteiger partial charge on any atom is 0.133 e. The average Bonchev–Trinajstić information content (AvgIpc) is 2.59. The maximum absolute atomic E-state index is 11.7. The average molecular weight is 319 g/mol. The predicted molar refractivity (Wildman–Crippen MR) is 97.4 cm³/mol. The van der Waals surface area contributed by atoms with E-state index in [2.05, 4.69) is 6.92 Å². The van der Waals surface area contributed by atoms with Crippen LogP contribution in [0.1, 0.15) is 103 Å². The Balaban J connectivity index is 1.38. The molecule has 3 rings (SSSR count). The molecular weight excluding hydrogens is 280 g/mol. The molecule has 0 saturated heterocycles. The summed E-state index contributed by atoms with van der Waals surface area (Å²) in [5.74, 6) is 5.30. The SMILES string of the molecule is CCCCCCC1CCC(C2CCC3CC(=O)CCC3C2)CC1. The number of rotatable bonds is 6. The van der Waals surface area contributed by atoms with Crippen LogP contribution in [0.2, 0.25) is 0 Å². The molecule has 23 heavy (non-hydrogen) atoms. The van der Waals surface area contributed by atoms with Crippen molar-refractivity contribution in [1.82, 2.24) is 0 Å². The van der Waals surface area contributed by atoms with Crippen LogP contribution in [-0.4, -0.2) is 5.78 Å². The van der Waals surface area contributed by atoms with Gasteiger partial charge in [-0.1, -0.05) is 51.9 Å². The molecule has 0 radical (unpaired) electrons. The van der Waals surface area contributed by atoms with Gasteiger partial charge in [-0.25, -0.2) is 0 Å². The number of hydrogen-bond donors (Lipinski definition) is 0. The van der Waals surface area contributed by atoms with Gasteiger partial charge in [0.15, 0.2) is 0 Å². The molecule has 0 aromatic heterocycles. The van der Waals surface area contributed by atoms with Gasteiger partial charge in [-0.05, 0) is 68.1 Å². The summed E-state index contributed by atoms with van der Waals surface area (Å²) < 4.78 is 0. The second-order valence-electron chi connectivity index (χ2n) is 9.00. The molecule has 1 nitrogen and oxygen atoms in total. The van der Waals surface area contributed by atoms with E-state index in [0.29, 0.717) is 5.78 Å². The largest absolute Gasteiger partial charge is 0.300 e. The molecule has 3 fully saturated rings. The molecule has 0 heterocycles. The van der Waals surface area contributed by atoms with E-state index in [0.717, 1.165) is 42.4 Å². The normalized spacial score (nSPS) is 38.3. The molecule has 0 amide bonds. The zero-order valence-electron chi connectivity index (χ0n) is 15.4. The Labute approximate surface area is 144 Å². The second-order valence-corrected chi connectivity index (χ2v) is 9.00. The van der Waals surface area contributed by atoms with Crippen LogP contribution in [0, 0.1) is 29.6 Å². The van der Waals surface area contributed by atoms with Gasteiger partial charge in [0.2, 0.25) is 0 Å². The Kier molecular flexibility index (Phi) is 6.60. The van der Waals surface area contributed by atoms with Crippen LogP contribution in [0.3, 0.4) is 0 Å². The summed E-state index contributed by atoms with van der Waals surface area (Å²) in [6, 6.07) is 0. The van der Waals surface area contributed by atoms with Gasteiger partial charge >= 0.3 is 0 Å². The summed E-state index contributed by atoms with van der Waals surface area (Å²) in [6.45, 7) is 2.31. The zero-order chi connectivity index (χ0) is 16.1. The topological polar surface area (TPSA) is 17.1 Å². The van der Waals surface area contributed by atoms with Crippen molar-refractivity contribution in [2.75, 3.05) is 0 Å². The van der Waals surface area contributed by atoms with E-state index < -0.39 is 0 Å². The first-order chi connectivity index (χ1) is 11.3. The van der Waals surface area contributed by atoms with E-state index in [4.69, 9.17) is 0 Å². The number of hydrogen-bond acceptors (Lipinski definition) is 1. The first kappa shape index (κ1) is 17.5. The summed E-state index contributed by atoms with van der Waals surface area (Å²) in [5, 5.41) is 0. The molecule has 0 aliphatic heterocycles. The second kappa shape index (κ2) is 8.67. The highest BCUT2D eigenvalue weighted by Gasteiger charge is 2.38. The molecule has 0 N–H and O–H groups in total. The lowest BCUT2D eigenvalue weighted by molar-refractivity contribution is -0.123. The standard InChI is InChI=1S/C22H38O/c1-2-3-4-5-6-17-7-9-18(10-8-17)19-11-12-21-16-22(23)14-13-20(21)15-19/h17-21H,2-16H2,1H3. The molecule has 0 aromatic carbocycles. The Morgan fingerprint density at radius 1 is 0.783 bits per heavy atom. The monoisotopic (exact) mass is 318 g/mol. The number of ketones is 1. The molecule has 3 unspecified atom stereocenters. The van der Waals surface area contributed by atoms with Crippen LogP contribution >= 0.6 is 0 Å². The number of carbonyl (C=O) groups excluding carboxylic acids is 1. The number of fused-ring (bicyclic) bond motifs is 1. The Morgan fingerprint density at radius 2 is 1.48 bits per heavy atom. The molecule has 0 bridgehead atoms. The first-order valence-corrected chi connectivity index (χ1v) is 10.8.